The second-order valence-electron chi connectivity index (χ2n) is 3.08. The molecule has 11 heavy (non-hydrogen) atoms. The molecule has 1 rings (SSSR count). The molecule has 4 heteroatoms. The van der Waals surface area contributed by atoms with Crippen LogP contribution < -0.4 is 4.90 Å². The molecule has 1 heterocycles. The predicted octanol–water partition coefficient (Wildman–Crippen LogP) is 0.635. The average Bonchev–Trinajstić information content (AvgIpc) is 1.86. The lowest BCUT2D eigenvalue weighted by molar-refractivity contribution is -0.865. The first-order valence-electron chi connectivity index (χ1n) is 3.73. The molecule has 1 N–H and O–H groups in total. The molecule has 1 saturated heterocycles. The summed E-state index contributed by atoms with van der Waals surface area (Å²) in [6, 6.07) is 0. The molecule has 1 aliphatic rings. The molecule has 0 saturated carbocycles. The standard InChI is InChI=1S/C7H12F3N/c1-11-4-2-3-6(5-11)7(8,9)10/h6,11H,1-5H2. The van der Waals surface area contributed by atoms with E-state index in [1.54, 1.807) is 0 Å². The van der Waals surface area contributed by atoms with Crippen molar-refractivity contribution >= 4 is 0 Å². The number of hydrogen-bond donors (Lipinski definition) is 1. The number of alkyl halides is 3. The molecule has 1 nitrogen and oxygen atoms in total. The monoisotopic (exact) mass is 167 g/mol. The van der Waals surface area contributed by atoms with Gasteiger partial charge in [0.25, 0.3) is 0 Å². The van der Waals surface area contributed by atoms with Crippen LogP contribution in [0, 0.1) is 13.0 Å². The van der Waals surface area contributed by atoms with Crippen LogP contribution in [0.5, 0.6) is 0 Å². The first-order valence-corrected chi connectivity index (χ1v) is 3.73. The summed E-state index contributed by atoms with van der Waals surface area (Å²) < 4.78 is 36.2. The van der Waals surface area contributed by atoms with E-state index in [2.05, 4.69) is 7.05 Å². The Morgan fingerprint density at radius 1 is 1.36 bits per heavy atom. The Morgan fingerprint density at radius 3 is 2.36 bits per heavy atom. The van der Waals surface area contributed by atoms with Crippen molar-refractivity contribution in [1.82, 2.24) is 0 Å². The molecule has 0 amide bonds. The number of piperidine rings is 1. The summed E-state index contributed by atoms with van der Waals surface area (Å²) in [5, 5.41) is 0. The Kier molecular flexibility index (Phi) is 2.42. The van der Waals surface area contributed by atoms with Gasteiger partial charge < -0.3 is 4.90 Å². The largest absolute Gasteiger partial charge is 0.467 e. The van der Waals surface area contributed by atoms with E-state index >= 15 is 0 Å². The van der Waals surface area contributed by atoms with Crippen LogP contribution in [-0.2, 0) is 0 Å². The first-order chi connectivity index (χ1) is 5.00. The van der Waals surface area contributed by atoms with Crippen molar-refractivity contribution in [1.29, 1.82) is 0 Å². The second kappa shape index (κ2) is 3.01. The van der Waals surface area contributed by atoms with E-state index in [9.17, 15) is 13.2 Å². The highest BCUT2D eigenvalue weighted by atomic mass is 19.4. The van der Waals surface area contributed by atoms with Gasteiger partial charge in [0.1, 0.15) is 5.92 Å². The minimum Gasteiger partial charge on any atom is -0.467 e. The van der Waals surface area contributed by atoms with E-state index in [4.69, 9.17) is 0 Å². The third-order valence-corrected chi connectivity index (χ3v) is 2.08. The quantitative estimate of drug-likeness (QED) is 0.505. The maximum atomic E-state index is 12.1. The molecule has 1 fully saturated rings. The maximum Gasteiger partial charge on any atom is 0.397 e. The topological polar surface area (TPSA) is 4.44 Å². The summed E-state index contributed by atoms with van der Waals surface area (Å²) in [6.45, 7) is 0.913. The Hall–Kier alpha value is -0.250. The Balaban J connectivity index is 2.46. The zero-order valence-corrected chi connectivity index (χ0v) is 6.25. The normalized spacial score (nSPS) is 33.8. The SMILES string of the molecule is [CH2-][NH+]1CCCC(C(F)(F)F)C1. The van der Waals surface area contributed by atoms with Gasteiger partial charge in [-0.2, -0.15) is 20.2 Å². The van der Waals surface area contributed by atoms with Crippen LogP contribution in [-0.4, -0.2) is 19.3 Å². The lowest BCUT2D eigenvalue weighted by Gasteiger charge is -2.32. The van der Waals surface area contributed by atoms with E-state index in [-0.39, 0.29) is 13.0 Å². The lowest BCUT2D eigenvalue weighted by Crippen LogP contribution is -3.09. The van der Waals surface area contributed by atoms with Gasteiger partial charge in [-0.3, -0.25) is 0 Å². The molecule has 2 atom stereocenters. The zero-order chi connectivity index (χ0) is 8.48. The summed E-state index contributed by atoms with van der Waals surface area (Å²) in [7, 11) is 3.58. The molecule has 0 radical (unpaired) electrons. The minimum atomic E-state index is -4.01. The number of rotatable bonds is 0. The van der Waals surface area contributed by atoms with Crippen molar-refractivity contribution in [3.8, 4) is 0 Å². The minimum absolute atomic E-state index is 0.142. The van der Waals surface area contributed by atoms with Crippen molar-refractivity contribution in [2.75, 3.05) is 13.1 Å². The smallest absolute Gasteiger partial charge is 0.397 e. The van der Waals surface area contributed by atoms with Gasteiger partial charge in [-0.25, -0.2) is 0 Å². The predicted molar refractivity (Wildman–Crippen MR) is 34.8 cm³/mol. The maximum absolute atomic E-state index is 12.1. The van der Waals surface area contributed by atoms with E-state index in [0.717, 1.165) is 11.4 Å². The van der Waals surface area contributed by atoms with Crippen LogP contribution in [0.25, 0.3) is 0 Å². The number of quaternary nitrogens is 1. The van der Waals surface area contributed by atoms with Gasteiger partial charge in [0, 0.05) is 0 Å². The van der Waals surface area contributed by atoms with Crippen LogP contribution >= 0.6 is 0 Å². The van der Waals surface area contributed by atoms with Gasteiger partial charge in [0.2, 0.25) is 0 Å². The van der Waals surface area contributed by atoms with E-state index < -0.39 is 12.1 Å². The lowest BCUT2D eigenvalue weighted by atomic mass is 9.98. The number of nitrogens with one attached hydrogen (secondary N) is 1. The number of hydrogen-bond acceptors (Lipinski definition) is 0. The fraction of sp³-hybridized carbons (Fsp3) is 0.857. The molecule has 0 aliphatic carbocycles. The van der Waals surface area contributed by atoms with Crippen molar-refractivity contribution in [3.05, 3.63) is 7.05 Å². The highest BCUT2D eigenvalue weighted by Gasteiger charge is 2.41. The fourth-order valence-corrected chi connectivity index (χ4v) is 1.43. The van der Waals surface area contributed by atoms with Crippen LogP contribution in [0.15, 0.2) is 0 Å². The summed E-state index contributed by atoms with van der Waals surface area (Å²) in [5.41, 5.74) is 0. The fourth-order valence-electron chi connectivity index (χ4n) is 1.43. The van der Waals surface area contributed by atoms with Gasteiger partial charge in [-0.05, 0) is 12.8 Å². The van der Waals surface area contributed by atoms with Gasteiger partial charge >= 0.3 is 6.18 Å². The summed E-state index contributed by atoms with van der Waals surface area (Å²) in [5.74, 6) is -1.12. The van der Waals surface area contributed by atoms with E-state index in [0.29, 0.717) is 6.42 Å². The van der Waals surface area contributed by atoms with Crippen molar-refractivity contribution < 1.29 is 18.1 Å². The zero-order valence-electron chi connectivity index (χ0n) is 6.25. The molecule has 0 bridgehead atoms. The molecule has 66 valence electrons. The van der Waals surface area contributed by atoms with Gasteiger partial charge in [-0.15, -0.1) is 0 Å². The molecule has 0 aromatic carbocycles. The van der Waals surface area contributed by atoms with Gasteiger partial charge in [0.05, 0.1) is 13.1 Å². The average molecular weight is 167 g/mol. The molecule has 0 aromatic rings. The first kappa shape index (κ1) is 8.84. The van der Waals surface area contributed by atoms with E-state index in [1.165, 1.54) is 0 Å². The van der Waals surface area contributed by atoms with Crippen molar-refractivity contribution in [2.24, 2.45) is 5.92 Å². The summed E-state index contributed by atoms with van der Waals surface area (Å²) in [6.07, 6.45) is -3.09. The van der Waals surface area contributed by atoms with Crippen LogP contribution in [0.4, 0.5) is 13.2 Å². The third-order valence-electron chi connectivity index (χ3n) is 2.08. The van der Waals surface area contributed by atoms with Crippen molar-refractivity contribution in [3.63, 3.8) is 0 Å². The third kappa shape index (κ3) is 2.36. The van der Waals surface area contributed by atoms with Crippen LogP contribution in [0.1, 0.15) is 12.8 Å². The summed E-state index contributed by atoms with van der Waals surface area (Å²) in [4.78, 5) is 0.749. The number of likely N-dealkylation sites (tertiary alicyclic amines) is 1. The highest BCUT2D eigenvalue weighted by Crippen LogP contribution is 2.29. The molecule has 0 aromatic heterocycles. The molecule has 0 spiro atoms. The van der Waals surface area contributed by atoms with Gasteiger partial charge in [0.15, 0.2) is 0 Å². The molecule has 1 aliphatic heterocycles. The van der Waals surface area contributed by atoms with Crippen molar-refractivity contribution in [2.45, 2.75) is 19.0 Å². The highest BCUT2D eigenvalue weighted by molar-refractivity contribution is 4.68. The van der Waals surface area contributed by atoms with Gasteiger partial charge in [-0.1, -0.05) is 0 Å². The number of halogens is 3. The Labute approximate surface area is 64.2 Å². The van der Waals surface area contributed by atoms with Crippen LogP contribution in [0.3, 0.4) is 0 Å². The molecular weight excluding hydrogens is 155 g/mol. The summed E-state index contributed by atoms with van der Waals surface area (Å²) >= 11 is 0. The van der Waals surface area contributed by atoms with E-state index in [1.807, 2.05) is 0 Å². The Morgan fingerprint density at radius 2 is 2.00 bits per heavy atom. The second-order valence-corrected chi connectivity index (χ2v) is 3.08. The molecule has 2 unspecified atom stereocenters. The van der Waals surface area contributed by atoms with Crippen LogP contribution in [0.2, 0.25) is 0 Å². The molecular formula is C7H12F3N. The Bertz CT molecular complexity index is 132.